The molecule has 0 radical (unpaired) electrons. The summed E-state index contributed by atoms with van der Waals surface area (Å²) in [4.78, 5) is -0.834. The van der Waals surface area contributed by atoms with Crippen molar-refractivity contribution in [2.45, 2.75) is 29.0 Å². The van der Waals surface area contributed by atoms with Gasteiger partial charge < -0.3 is 0 Å². The van der Waals surface area contributed by atoms with Gasteiger partial charge in [-0.3, -0.25) is 0 Å². The number of hydrogen-bond donors (Lipinski definition) is 1. The van der Waals surface area contributed by atoms with E-state index < -0.39 is 30.5 Å². The van der Waals surface area contributed by atoms with E-state index in [1.807, 2.05) is 19.1 Å². The van der Waals surface area contributed by atoms with Crippen molar-refractivity contribution in [1.82, 2.24) is 4.72 Å². The van der Waals surface area contributed by atoms with E-state index in [2.05, 4.69) is 4.72 Å². The van der Waals surface area contributed by atoms with Crippen molar-refractivity contribution < 1.29 is 25.6 Å². The predicted molar refractivity (Wildman–Crippen MR) is 84.8 cm³/mol. The highest BCUT2D eigenvalue weighted by Gasteiger charge is 2.27. The Morgan fingerprint density at radius 2 is 1.46 bits per heavy atom. The minimum atomic E-state index is -4.75. The van der Waals surface area contributed by atoms with Gasteiger partial charge in [0.05, 0.1) is 9.79 Å². The van der Waals surface area contributed by atoms with Crippen LogP contribution in [0.25, 0.3) is 0 Å². The molecule has 2 aromatic rings. The van der Waals surface area contributed by atoms with E-state index in [0.29, 0.717) is 0 Å². The largest absolute Gasteiger partial charge is 0.341 e. The summed E-state index contributed by atoms with van der Waals surface area (Å²) in [6, 6.07) is 10.9. The van der Waals surface area contributed by atoms with Gasteiger partial charge in [-0.25, -0.2) is 21.6 Å². The van der Waals surface area contributed by atoms with Gasteiger partial charge in [0.1, 0.15) is 0 Å². The molecular formula is C15H15F2NO4S2. The van der Waals surface area contributed by atoms with Crippen molar-refractivity contribution in [3.63, 3.8) is 0 Å². The molecule has 2 aromatic carbocycles. The molecule has 0 fully saturated rings. The van der Waals surface area contributed by atoms with E-state index in [9.17, 15) is 25.6 Å². The van der Waals surface area contributed by atoms with Crippen LogP contribution in [0, 0.1) is 6.92 Å². The monoisotopic (exact) mass is 375 g/mol. The molecule has 0 amide bonds. The zero-order valence-corrected chi connectivity index (χ0v) is 14.2. The lowest BCUT2D eigenvalue weighted by atomic mass is 10.1. The summed E-state index contributed by atoms with van der Waals surface area (Å²) in [6.45, 7) is 1.90. The number of aryl methyl sites for hydroxylation is 1. The Bertz CT molecular complexity index is 924. The summed E-state index contributed by atoms with van der Waals surface area (Å²) in [5.41, 5.74) is 1.71. The molecule has 0 heterocycles. The second-order valence-corrected chi connectivity index (χ2v) is 8.71. The minimum absolute atomic E-state index is 0.0616. The molecule has 2 rings (SSSR count). The highest BCUT2D eigenvalue weighted by atomic mass is 32.2. The molecule has 0 unspecified atom stereocenters. The molecule has 0 aliphatic heterocycles. The molecule has 5 nitrogen and oxygen atoms in total. The summed E-state index contributed by atoms with van der Waals surface area (Å²) in [5, 5.41) is 0. The second kappa shape index (κ2) is 6.96. The van der Waals surface area contributed by atoms with E-state index in [0.717, 1.165) is 35.4 Å². The fraction of sp³-hybridized carbons (Fsp3) is 0.200. The lowest BCUT2D eigenvalue weighted by Gasteiger charge is -2.09. The molecule has 1 N–H and O–H groups in total. The summed E-state index contributed by atoms with van der Waals surface area (Å²) >= 11 is 0. The Kier molecular flexibility index (Phi) is 5.36. The van der Waals surface area contributed by atoms with Gasteiger partial charge in [-0.05, 0) is 42.3 Å². The van der Waals surface area contributed by atoms with Crippen LogP contribution in [0.2, 0.25) is 0 Å². The number of nitrogens with one attached hydrogen (secondary N) is 1. The van der Waals surface area contributed by atoms with E-state index in [1.165, 1.54) is 0 Å². The Morgan fingerprint density at radius 1 is 0.917 bits per heavy atom. The smallest absolute Gasteiger partial charge is 0.218 e. The lowest BCUT2D eigenvalue weighted by Crippen LogP contribution is -2.23. The van der Waals surface area contributed by atoms with Crippen molar-refractivity contribution in [3.05, 3.63) is 59.7 Å². The maximum absolute atomic E-state index is 12.5. The highest BCUT2D eigenvalue weighted by molar-refractivity contribution is 7.91. The quantitative estimate of drug-likeness (QED) is 0.841. The van der Waals surface area contributed by atoms with Gasteiger partial charge in [0.25, 0.3) is 0 Å². The lowest BCUT2D eigenvalue weighted by molar-refractivity contribution is 0.234. The van der Waals surface area contributed by atoms with Crippen LogP contribution >= 0.6 is 0 Å². The third-order valence-corrected chi connectivity index (χ3v) is 6.23. The summed E-state index contributed by atoms with van der Waals surface area (Å²) in [6.07, 6.45) is 0. The first-order valence-electron chi connectivity index (χ1n) is 6.81. The van der Waals surface area contributed by atoms with E-state index >= 15 is 0 Å². The van der Waals surface area contributed by atoms with Gasteiger partial charge in [-0.2, -0.15) is 8.78 Å². The third kappa shape index (κ3) is 3.97. The maximum Gasteiger partial charge on any atom is 0.341 e. The van der Waals surface area contributed by atoms with Crippen molar-refractivity contribution in [2.75, 3.05) is 0 Å². The first-order chi connectivity index (χ1) is 11.1. The molecule has 0 spiro atoms. The van der Waals surface area contributed by atoms with Crippen LogP contribution in [0.3, 0.4) is 0 Å². The molecule has 0 bridgehead atoms. The van der Waals surface area contributed by atoms with E-state index in [1.54, 1.807) is 12.1 Å². The Labute approximate surface area is 139 Å². The van der Waals surface area contributed by atoms with Crippen molar-refractivity contribution in [1.29, 1.82) is 0 Å². The molecule has 130 valence electrons. The summed E-state index contributed by atoms with van der Waals surface area (Å²) in [5.74, 6) is -3.56. The van der Waals surface area contributed by atoms with Crippen LogP contribution in [0.1, 0.15) is 11.1 Å². The summed E-state index contributed by atoms with van der Waals surface area (Å²) < 4.78 is 74.4. The van der Waals surface area contributed by atoms with Gasteiger partial charge in [-0.1, -0.05) is 24.3 Å². The topological polar surface area (TPSA) is 80.3 Å². The predicted octanol–water partition coefficient (Wildman–Crippen LogP) is 2.47. The molecule has 0 atom stereocenters. The fourth-order valence-corrected chi connectivity index (χ4v) is 3.70. The number of benzene rings is 2. The normalized spacial score (nSPS) is 12.5. The molecule has 0 aromatic heterocycles. The van der Waals surface area contributed by atoms with Crippen molar-refractivity contribution in [3.8, 4) is 0 Å². The first kappa shape index (κ1) is 18.5. The van der Waals surface area contributed by atoms with Gasteiger partial charge >= 0.3 is 5.76 Å². The van der Waals surface area contributed by atoms with Crippen LogP contribution in [0.15, 0.2) is 58.3 Å². The molecule has 9 heteroatoms. The zero-order chi connectivity index (χ0) is 18.0. The number of sulfonamides is 1. The first-order valence-corrected chi connectivity index (χ1v) is 9.84. The number of hydrogen-bond acceptors (Lipinski definition) is 4. The van der Waals surface area contributed by atoms with Crippen LogP contribution in [-0.4, -0.2) is 22.6 Å². The number of rotatable bonds is 6. The highest BCUT2D eigenvalue weighted by Crippen LogP contribution is 2.20. The number of sulfone groups is 1. The average Bonchev–Trinajstić information content (AvgIpc) is 2.54. The Hall–Kier alpha value is -1.84. The van der Waals surface area contributed by atoms with E-state index in [-0.39, 0.29) is 11.4 Å². The standard InChI is InChI=1S/C15H15F2NO4S2/c1-11-4-2-3-5-12(11)10-18-24(21,22)14-8-6-13(7-9-14)23(19,20)15(16)17/h2-9,15,18H,10H2,1H3. The van der Waals surface area contributed by atoms with Crippen molar-refractivity contribution >= 4 is 19.9 Å². The molecule has 0 saturated heterocycles. The number of halogens is 2. The maximum atomic E-state index is 12.5. The molecule has 24 heavy (non-hydrogen) atoms. The van der Waals surface area contributed by atoms with Crippen LogP contribution < -0.4 is 4.72 Å². The molecule has 0 aliphatic carbocycles. The molecule has 0 saturated carbocycles. The SMILES string of the molecule is Cc1ccccc1CNS(=O)(=O)c1ccc(S(=O)(=O)C(F)F)cc1. The third-order valence-electron chi connectivity index (χ3n) is 3.41. The summed E-state index contributed by atoms with van der Waals surface area (Å²) in [7, 11) is -8.64. The van der Waals surface area contributed by atoms with Crippen LogP contribution in [0.5, 0.6) is 0 Å². The Balaban J connectivity index is 2.20. The number of alkyl halides is 2. The second-order valence-electron chi connectivity index (χ2n) is 5.03. The molecule has 0 aliphatic rings. The fourth-order valence-electron chi connectivity index (χ4n) is 1.98. The van der Waals surface area contributed by atoms with Gasteiger partial charge in [0.15, 0.2) is 0 Å². The van der Waals surface area contributed by atoms with Gasteiger partial charge in [0, 0.05) is 6.54 Å². The molecular weight excluding hydrogens is 360 g/mol. The Morgan fingerprint density at radius 3 is 2.00 bits per heavy atom. The van der Waals surface area contributed by atoms with E-state index in [4.69, 9.17) is 0 Å². The average molecular weight is 375 g/mol. The van der Waals surface area contributed by atoms with Crippen LogP contribution in [-0.2, 0) is 26.4 Å². The van der Waals surface area contributed by atoms with Gasteiger partial charge in [-0.15, -0.1) is 0 Å². The van der Waals surface area contributed by atoms with Crippen molar-refractivity contribution in [2.24, 2.45) is 0 Å². The van der Waals surface area contributed by atoms with Gasteiger partial charge in [0.2, 0.25) is 19.9 Å². The minimum Gasteiger partial charge on any atom is -0.218 e. The van der Waals surface area contributed by atoms with Crippen LogP contribution in [0.4, 0.5) is 8.78 Å². The zero-order valence-electron chi connectivity index (χ0n) is 12.6.